The molecule has 130 valence electrons. The quantitative estimate of drug-likeness (QED) is 0.872. The summed E-state index contributed by atoms with van der Waals surface area (Å²) in [5.74, 6) is 1.00. The molecule has 1 saturated heterocycles. The smallest absolute Gasteiger partial charge is 0.257 e. The average Bonchev–Trinajstić information content (AvgIpc) is 3.20. The van der Waals surface area contributed by atoms with Gasteiger partial charge in [-0.3, -0.25) is 4.79 Å². The van der Waals surface area contributed by atoms with Gasteiger partial charge in [0.05, 0.1) is 30.7 Å². The summed E-state index contributed by atoms with van der Waals surface area (Å²) in [6.45, 7) is 5.99. The Morgan fingerprint density at radius 1 is 1.42 bits per heavy atom. The van der Waals surface area contributed by atoms with Gasteiger partial charge in [0.25, 0.3) is 5.91 Å². The zero-order chi connectivity index (χ0) is 17.1. The summed E-state index contributed by atoms with van der Waals surface area (Å²) in [5, 5.41) is 17.2. The van der Waals surface area contributed by atoms with E-state index >= 15 is 0 Å². The number of likely N-dealkylation sites (tertiary alicyclic amines) is 1. The van der Waals surface area contributed by atoms with Crippen molar-refractivity contribution < 1.29 is 14.3 Å². The highest BCUT2D eigenvalue weighted by molar-refractivity contribution is 5.93. The normalized spacial score (nSPS) is 15.7. The summed E-state index contributed by atoms with van der Waals surface area (Å²) in [7, 11) is 0. The van der Waals surface area contributed by atoms with Gasteiger partial charge in [-0.15, -0.1) is 0 Å². The molecule has 1 aliphatic rings. The van der Waals surface area contributed by atoms with Crippen molar-refractivity contribution in [3.63, 3.8) is 0 Å². The molecule has 0 unspecified atom stereocenters. The topological polar surface area (TPSA) is 83.5 Å². The number of nitrogens with zero attached hydrogens (tertiary/aromatic N) is 3. The minimum absolute atomic E-state index is 0.0274. The van der Waals surface area contributed by atoms with Crippen molar-refractivity contribution in [2.24, 2.45) is 0 Å². The molecule has 3 rings (SSSR count). The Morgan fingerprint density at radius 2 is 2.17 bits per heavy atom. The van der Waals surface area contributed by atoms with Crippen molar-refractivity contribution in [3.8, 4) is 0 Å². The number of furan rings is 1. The van der Waals surface area contributed by atoms with E-state index in [0.717, 1.165) is 29.9 Å². The third kappa shape index (κ3) is 3.31. The molecule has 2 aromatic rings. The number of piperidine rings is 1. The predicted molar refractivity (Wildman–Crippen MR) is 90.0 cm³/mol. The van der Waals surface area contributed by atoms with Crippen LogP contribution in [0, 0.1) is 13.8 Å². The molecule has 2 aromatic heterocycles. The maximum Gasteiger partial charge on any atom is 0.257 e. The first kappa shape index (κ1) is 16.6. The summed E-state index contributed by atoms with van der Waals surface area (Å²) in [4.78, 5) is 14.2. The number of aliphatic hydroxyl groups excluding tert-OH is 1. The first-order valence-electron chi connectivity index (χ1n) is 8.33. The van der Waals surface area contributed by atoms with E-state index in [-0.39, 0.29) is 12.5 Å². The fourth-order valence-electron chi connectivity index (χ4n) is 3.10. The van der Waals surface area contributed by atoms with Gasteiger partial charge in [-0.2, -0.15) is 5.10 Å². The molecule has 24 heavy (non-hydrogen) atoms. The van der Waals surface area contributed by atoms with Gasteiger partial charge < -0.3 is 19.7 Å². The van der Waals surface area contributed by atoms with Crippen LogP contribution in [-0.4, -0.2) is 51.4 Å². The third-order valence-electron chi connectivity index (χ3n) is 4.63. The molecule has 3 heterocycles. The second kappa shape index (κ2) is 7.09. The fourth-order valence-corrected chi connectivity index (χ4v) is 3.10. The van der Waals surface area contributed by atoms with Crippen LogP contribution in [0.2, 0.25) is 0 Å². The summed E-state index contributed by atoms with van der Waals surface area (Å²) in [6, 6.07) is 2.00. The fraction of sp³-hybridized carbons (Fsp3) is 0.529. The van der Waals surface area contributed by atoms with Crippen LogP contribution in [0.25, 0.3) is 0 Å². The van der Waals surface area contributed by atoms with Crippen LogP contribution in [0.5, 0.6) is 0 Å². The lowest BCUT2D eigenvalue weighted by molar-refractivity contribution is 0.0717. The Hall–Kier alpha value is -2.28. The van der Waals surface area contributed by atoms with Crippen molar-refractivity contribution in [1.29, 1.82) is 0 Å². The SMILES string of the molecule is Cc1nn(CCO)c(NC2CCN(C(=O)c3ccoc3)CC2)c1C. The Bertz CT molecular complexity index is 685. The van der Waals surface area contributed by atoms with E-state index in [0.29, 0.717) is 31.2 Å². The second-order valence-electron chi connectivity index (χ2n) is 6.23. The van der Waals surface area contributed by atoms with Crippen LogP contribution >= 0.6 is 0 Å². The molecular formula is C17H24N4O3. The second-order valence-corrected chi connectivity index (χ2v) is 6.23. The number of anilines is 1. The lowest BCUT2D eigenvalue weighted by Crippen LogP contribution is -2.42. The highest BCUT2D eigenvalue weighted by Gasteiger charge is 2.25. The lowest BCUT2D eigenvalue weighted by atomic mass is 10.0. The van der Waals surface area contributed by atoms with E-state index in [2.05, 4.69) is 10.4 Å². The van der Waals surface area contributed by atoms with Crippen molar-refractivity contribution in [1.82, 2.24) is 14.7 Å². The number of hydrogen-bond donors (Lipinski definition) is 2. The molecule has 1 aliphatic heterocycles. The highest BCUT2D eigenvalue weighted by atomic mass is 16.3. The van der Waals surface area contributed by atoms with Crippen LogP contribution in [0.3, 0.4) is 0 Å². The standard InChI is InChI=1S/C17H24N4O3/c1-12-13(2)19-21(8-9-22)16(12)18-15-3-6-20(7-4-15)17(23)14-5-10-24-11-14/h5,10-11,15,18,22H,3-4,6-9H2,1-2H3. The first-order chi connectivity index (χ1) is 11.6. The molecule has 7 nitrogen and oxygen atoms in total. The van der Waals surface area contributed by atoms with Gasteiger partial charge in [-0.25, -0.2) is 4.68 Å². The highest BCUT2D eigenvalue weighted by Crippen LogP contribution is 2.23. The van der Waals surface area contributed by atoms with Gasteiger partial charge in [0.15, 0.2) is 0 Å². The van der Waals surface area contributed by atoms with E-state index in [1.165, 1.54) is 12.5 Å². The van der Waals surface area contributed by atoms with Gasteiger partial charge in [0.1, 0.15) is 12.1 Å². The molecule has 0 aromatic carbocycles. The Kier molecular flexibility index (Phi) is 4.89. The molecule has 1 amide bonds. The van der Waals surface area contributed by atoms with Gasteiger partial charge in [-0.1, -0.05) is 0 Å². The predicted octanol–water partition coefficient (Wildman–Crippen LogP) is 1.80. The van der Waals surface area contributed by atoms with Crippen LogP contribution in [0.1, 0.15) is 34.5 Å². The Morgan fingerprint density at radius 3 is 2.79 bits per heavy atom. The molecule has 0 spiro atoms. The first-order valence-corrected chi connectivity index (χ1v) is 8.33. The van der Waals surface area contributed by atoms with E-state index in [1.54, 1.807) is 6.07 Å². The molecule has 1 fully saturated rings. The summed E-state index contributed by atoms with van der Waals surface area (Å²) in [5.41, 5.74) is 2.69. The van der Waals surface area contributed by atoms with Crippen LogP contribution in [0.4, 0.5) is 5.82 Å². The number of aryl methyl sites for hydroxylation is 1. The summed E-state index contributed by atoms with van der Waals surface area (Å²) < 4.78 is 6.82. The molecule has 0 bridgehead atoms. The van der Waals surface area contributed by atoms with Gasteiger partial charge in [-0.05, 0) is 32.8 Å². The number of hydrogen-bond acceptors (Lipinski definition) is 5. The van der Waals surface area contributed by atoms with Gasteiger partial charge in [0, 0.05) is 24.7 Å². The van der Waals surface area contributed by atoms with Crippen molar-refractivity contribution >= 4 is 11.7 Å². The monoisotopic (exact) mass is 332 g/mol. The summed E-state index contributed by atoms with van der Waals surface area (Å²) in [6.07, 6.45) is 4.78. The zero-order valence-electron chi connectivity index (χ0n) is 14.2. The number of amides is 1. The number of carbonyl (C=O) groups is 1. The number of rotatable bonds is 5. The van der Waals surface area contributed by atoms with Crippen LogP contribution in [0.15, 0.2) is 23.0 Å². The Labute approximate surface area is 141 Å². The van der Waals surface area contributed by atoms with Crippen molar-refractivity contribution in [3.05, 3.63) is 35.4 Å². The van der Waals surface area contributed by atoms with Crippen LogP contribution < -0.4 is 5.32 Å². The van der Waals surface area contributed by atoms with E-state index in [9.17, 15) is 9.90 Å². The van der Waals surface area contributed by atoms with E-state index in [1.807, 2.05) is 23.4 Å². The molecule has 2 N–H and O–H groups in total. The van der Waals surface area contributed by atoms with Crippen LogP contribution in [-0.2, 0) is 6.54 Å². The largest absolute Gasteiger partial charge is 0.472 e. The van der Waals surface area contributed by atoms with Gasteiger partial charge >= 0.3 is 0 Å². The zero-order valence-corrected chi connectivity index (χ0v) is 14.2. The molecular weight excluding hydrogens is 308 g/mol. The van der Waals surface area contributed by atoms with Crippen molar-refractivity contribution in [2.45, 2.75) is 39.3 Å². The molecule has 7 heteroatoms. The molecule has 0 radical (unpaired) electrons. The maximum atomic E-state index is 12.3. The third-order valence-corrected chi connectivity index (χ3v) is 4.63. The minimum atomic E-state index is 0.0274. The number of carbonyl (C=O) groups excluding carboxylic acids is 1. The summed E-state index contributed by atoms with van der Waals surface area (Å²) >= 11 is 0. The lowest BCUT2D eigenvalue weighted by Gasteiger charge is -2.32. The Balaban J connectivity index is 1.61. The average molecular weight is 332 g/mol. The maximum absolute atomic E-state index is 12.3. The van der Waals surface area contributed by atoms with E-state index in [4.69, 9.17) is 4.42 Å². The van der Waals surface area contributed by atoms with E-state index < -0.39 is 0 Å². The number of aromatic nitrogens is 2. The molecule has 0 aliphatic carbocycles. The number of aliphatic hydroxyl groups is 1. The minimum Gasteiger partial charge on any atom is -0.472 e. The van der Waals surface area contributed by atoms with Gasteiger partial charge in [0.2, 0.25) is 0 Å². The number of nitrogens with one attached hydrogen (secondary N) is 1. The molecule has 0 atom stereocenters. The van der Waals surface area contributed by atoms with Crippen molar-refractivity contribution in [2.75, 3.05) is 25.0 Å². The molecule has 0 saturated carbocycles.